The van der Waals surface area contributed by atoms with E-state index >= 15 is 0 Å². The molecule has 1 aliphatic heterocycles. The molecule has 0 N–H and O–H groups in total. The predicted octanol–water partition coefficient (Wildman–Crippen LogP) is 19.3. The Labute approximate surface area is 515 Å². The molecule has 26 rings (SSSR count). The zero-order valence-electron chi connectivity index (χ0n) is 50.9. The average Bonchev–Trinajstić information content (AvgIpc) is 1.42. The van der Waals surface area contributed by atoms with Gasteiger partial charge in [0.15, 0.2) is 0 Å². The maximum absolute atomic E-state index is 3.05. The summed E-state index contributed by atoms with van der Waals surface area (Å²) < 4.78 is 0. The minimum absolute atomic E-state index is 0.0243. The van der Waals surface area contributed by atoms with Crippen molar-refractivity contribution in [1.29, 1.82) is 0 Å². The van der Waals surface area contributed by atoms with E-state index in [4.69, 9.17) is 0 Å². The molecule has 1 heterocycles. The van der Waals surface area contributed by atoms with Crippen molar-refractivity contribution in [2.45, 2.75) is 93.8 Å². The van der Waals surface area contributed by atoms with Crippen LogP contribution in [0, 0.1) is 70.5 Å². The maximum Gasteiger partial charge on any atom is 0.0370 e. The topological polar surface area (TPSA) is 3.24 Å². The minimum atomic E-state index is -0.146. The summed E-state index contributed by atoms with van der Waals surface area (Å²) in [6.45, 7) is 17.1. The molecule has 8 aromatic rings. The van der Waals surface area contributed by atoms with Gasteiger partial charge < -0.3 is 4.90 Å². The van der Waals surface area contributed by atoms with Gasteiger partial charge in [0.1, 0.15) is 0 Å². The van der Waals surface area contributed by atoms with Gasteiger partial charge in [0.25, 0.3) is 0 Å². The summed E-state index contributed by atoms with van der Waals surface area (Å²) >= 11 is 0. The van der Waals surface area contributed by atoms with Gasteiger partial charge >= 0.3 is 0 Å². The molecule has 1 heteroatoms. The van der Waals surface area contributed by atoms with Crippen LogP contribution in [0.25, 0.3) is 77.6 Å². The summed E-state index contributed by atoms with van der Waals surface area (Å²) in [5.74, 6) is 9.10. The van der Waals surface area contributed by atoms with Crippen LogP contribution in [-0.2, 0) is 21.7 Å². The van der Waals surface area contributed by atoms with E-state index in [0.29, 0.717) is 82.9 Å². The Morgan fingerprint density at radius 2 is 0.886 bits per heavy atom. The van der Waals surface area contributed by atoms with Gasteiger partial charge in [-0.1, -0.05) is 180 Å². The second-order valence-electron chi connectivity index (χ2n) is 33.4. The number of nitrogens with zero attached hydrogens (tertiary/aromatic N) is 1. The van der Waals surface area contributed by atoms with Crippen LogP contribution in [0.3, 0.4) is 0 Å². The molecular formula is C87H67N. The van der Waals surface area contributed by atoms with Gasteiger partial charge in [-0.3, -0.25) is 0 Å². The summed E-state index contributed by atoms with van der Waals surface area (Å²) in [6.07, 6.45) is 19.7. The molecule has 1 saturated heterocycles. The molecule has 16 atom stereocenters. The first-order valence-corrected chi connectivity index (χ1v) is 34.4. The largest absolute Gasteiger partial charge is 0.370 e. The number of hydrogen-bond donors (Lipinski definition) is 0. The highest BCUT2D eigenvalue weighted by Gasteiger charge is 2.82. The summed E-state index contributed by atoms with van der Waals surface area (Å²) in [5, 5.41) is 3.56. The van der Waals surface area contributed by atoms with E-state index in [1.165, 1.54) is 114 Å². The molecule has 18 aliphatic rings. The fourth-order valence-electron chi connectivity index (χ4n) is 27.8. The fraction of sp³-hybridized carbons (Fsp3) is 0.333. The number of benzene rings is 8. The van der Waals surface area contributed by atoms with Gasteiger partial charge in [-0.15, -0.1) is 0 Å². The maximum atomic E-state index is 3.05. The molecule has 4 saturated carbocycles. The van der Waals surface area contributed by atoms with Crippen molar-refractivity contribution < 1.29 is 0 Å². The van der Waals surface area contributed by atoms with Crippen molar-refractivity contribution in [2.24, 2.45) is 70.5 Å². The number of allylic oxidation sites excluding steroid dienone is 11. The standard InChI is InChI=1S/C87H67N/c1-83(2)57-10-8-7-9-43(57)44-16-11-38(31-60(44)83)39-12-17-45-46-18-13-40(33-62(46)84(3,4)61(45)32-39)41-14-19-47-48-20-15-42(35-64(48)85(5,6)63(47)34-41)88-36-86-58-29-30-59-56-28-26-54-52-24-22-50-49-21-23-51-53-25-27-55(58)71-69(53)74-67(51)65(49)73-66(50)68(52)75-70(54)72(56)82(87(59,86)37-88)80-78(75)76(73)77(74)79(80)81(71)86/h7-28,31-35,49-53,55,58-59,65-69,71H,29-30,36-37H2,1-6H3. The third-order valence-corrected chi connectivity index (χ3v) is 30.4. The van der Waals surface area contributed by atoms with E-state index in [1.54, 1.807) is 21.9 Å². The number of rotatable bonds is 3. The van der Waals surface area contributed by atoms with Crippen LogP contribution in [-0.4, -0.2) is 13.1 Å². The molecule has 0 bridgehead atoms. The van der Waals surface area contributed by atoms with Gasteiger partial charge in [0, 0.05) is 57.7 Å². The third-order valence-electron chi connectivity index (χ3n) is 30.4. The Hall–Kier alpha value is -7.74. The molecule has 88 heavy (non-hydrogen) atoms. The first-order valence-electron chi connectivity index (χ1n) is 34.4. The van der Waals surface area contributed by atoms with E-state index in [2.05, 4.69) is 210 Å². The minimum Gasteiger partial charge on any atom is -0.370 e. The highest BCUT2D eigenvalue weighted by molar-refractivity contribution is 6.22. The number of fused-ring (bicyclic) bond motifs is 14. The Balaban J connectivity index is 0.597. The van der Waals surface area contributed by atoms with Crippen molar-refractivity contribution in [1.82, 2.24) is 0 Å². The van der Waals surface area contributed by atoms with Crippen LogP contribution in [0.5, 0.6) is 0 Å². The molecule has 17 aliphatic carbocycles. The smallest absolute Gasteiger partial charge is 0.0370 e. The lowest BCUT2D eigenvalue weighted by molar-refractivity contribution is 0.0621. The second-order valence-corrected chi connectivity index (χ2v) is 33.4. The van der Waals surface area contributed by atoms with E-state index in [-0.39, 0.29) is 27.1 Å². The average molecular weight is 1130 g/mol. The molecule has 16 unspecified atom stereocenters. The molecule has 0 radical (unpaired) electrons. The molecule has 2 spiro atoms. The van der Waals surface area contributed by atoms with Crippen molar-refractivity contribution >= 4 is 27.6 Å². The first kappa shape index (κ1) is 45.5. The Bertz CT molecular complexity index is 5260. The zero-order chi connectivity index (χ0) is 57.0. The Morgan fingerprint density at radius 3 is 1.52 bits per heavy atom. The van der Waals surface area contributed by atoms with Crippen LogP contribution in [0.4, 0.5) is 5.69 Å². The lowest BCUT2D eigenvalue weighted by Gasteiger charge is -2.57. The normalized spacial score (nSPS) is 37.1. The SMILES string of the molecule is CC1(C)c2ccccc2-c2ccc(-c3ccc4c(c3)C(C)(C)c3cc(-c5ccc6c(c5)C(C)(C)c5cc(N7CC89C%10=C%11C%12=C%13C%14C%15C=CC%16C%17C=CC%18c%19ccc%20c%21c(c%11c%11c(c%19%21)C%18C%17C(=C%12%11)C%16%14)C8(C7)C%20CCC9C7C=CC%15C%13C%107)ccc5-6)ccc3-4)cc21. The zero-order valence-corrected chi connectivity index (χ0v) is 50.9. The van der Waals surface area contributed by atoms with Crippen molar-refractivity contribution in [2.75, 3.05) is 18.0 Å². The van der Waals surface area contributed by atoms with Gasteiger partial charge in [0.05, 0.1) is 0 Å². The summed E-state index contributed by atoms with van der Waals surface area (Å²) in [6, 6.07) is 51.8. The molecule has 1 nitrogen and oxygen atoms in total. The van der Waals surface area contributed by atoms with E-state index < -0.39 is 0 Å². The van der Waals surface area contributed by atoms with Gasteiger partial charge in [-0.05, 0) is 276 Å². The Morgan fingerprint density at radius 1 is 0.386 bits per heavy atom. The molecule has 420 valence electrons. The summed E-state index contributed by atoms with van der Waals surface area (Å²) in [7, 11) is 0. The Kier molecular flexibility index (Phi) is 6.86. The van der Waals surface area contributed by atoms with Crippen molar-refractivity contribution in [3.8, 4) is 55.6 Å². The number of hydrogen-bond acceptors (Lipinski definition) is 1. The van der Waals surface area contributed by atoms with E-state index in [0.717, 1.165) is 6.54 Å². The summed E-state index contributed by atoms with van der Waals surface area (Å²) in [5.41, 5.74) is 46.2. The highest BCUT2D eigenvalue weighted by Crippen LogP contribution is 2.89. The lowest BCUT2D eigenvalue weighted by atomic mass is 9.44. The van der Waals surface area contributed by atoms with E-state index in [9.17, 15) is 0 Å². The fourth-order valence-corrected chi connectivity index (χ4v) is 27.8. The van der Waals surface area contributed by atoms with Crippen molar-refractivity contribution in [3.63, 3.8) is 0 Å². The quantitative estimate of drug-likeness (QED) is 0.159. The molecule has 5 fully saturated rings. The van der Waals surface area contributed by atoms with Crippen LogP contribution in [0.2, 0.25) is 0 Å². The second kappa shape index (κ2) is 13.3. The van der Waals surface area contributed by atoms with Gasteiger partial charge in [-0.25, -0.2) is 0 Å². The van der Waals surface area contributed by atoms with E-state index in [1.807, 2.05) is 55.7 Å². The monoisotopic (exact) mass is 1130 g/mol. The van der Waals surface area contributed by atoms with Crippen LogP contribution in [0.1, 0.15) is 139 Å². The van der Waals surface area contributed by atoms with Crippen molar-refractivity contribution in [3.05, 3.63) is 253 Å². The molecule has 8 aromatic carbocycles. The van der Waals surface area contributed by atoms with Gasteiger partial charge in [0.2, 0.25) is 0 Å². The lowest BCUT2D eigenvalue weighted by Crippen LogP contribution is -2.56. The summed E-state index contributed by atoms with van der Waals surface area (Å²) in [4.78, 5) is 3.05. The van der Waals surface area contributed by atoms with Crippen LogP contribution < -0.4 is 4.90 Å². The highest BCUT2D eigenvalue weighted by atomic mass is 15.2. The molecular weight excluding hydrogens is 1060 g/mol. The molecule has 0 aromatic heterocycles. The third kappa shape index (κ3) is 4.13. The van der Waals surface area contributed by atoms with Crippen LogP contribution in [0.15, 0.2) is 186 Å². The number of anilines is 1. The predicted molar refractivity (Wildman–Crippen MR) is 354 cm³/mol. The van der Waals surface area contributed by atoms with Crippen LogP contribution >= 0.6 is 0 Å². The first-order chi connectivity index (χ1) is 42.9. The molecule has 0 amide bonds. The van der Waals surface area contributed by atoms with Gasteiger partial charge in [-0.2, -0.15) is 0 Å².